The summed E-state index contributed by atoms with van der Waals surface area (Å²) in [5, 5.41) is 17.1. The van der Waals surface area contributed by atoms with Gasteiger partial charge in [0, 0.05) is 0 Å². The number of ether oxygens (including phenoxy) is 2. The number of hydrogen-bond acceptors (Lipinski definition) is 9. The van der Waals surface area contributed by atoms with Crippen LogP contribution in [0.5, 0.6) is 5.75 Å². The fourth-order valence-corrected chi connectivity index (χ4v) is 3.25. The van der Waals surface area contributed by atoms with Crippen LogP contribution in [0.25, 0.3) is 0 Å². The first-order valence-electron chi connectivity index (χ1n) is 9.86. The third-order valence-electron chi connectivity index (χ3n) is 3.89. The Morgan fingerprint density at radius 1 is 1.21 bits per heavy atom. The molecular weight excluding hydrogens is 452 g/mol. The number of hydrogen-bond donors (Lipinski definition) is 4. The zero-order chi connectivity index (χ0) is 24.6. The molecule has 33 heavy (non-hydrogen) atoms. The van der Waals surface area contributed by atoms with Crippen molar-refractivity contribution in [3.05, 3.63) is 40.9 Å². The van der Waals surface area contributed by atoms with E-state index >= 15 is 0 Å². The van der Waals surface area contributed by atoms with Crippen LogP contribution in [0.3, 0.4) is 0 Å². The molecule has 2 rings (SSSR count). The van der Waals surface area contributed by atoms with Crippen LogP contribution < -0.4 is 16.0 Å². The largest absolute Gasteiger partial charge is 0.508 e. The van der Waals surface area contributed by atoms with Crippen LogP contribution in [0.2, 0.25) is 0 Å². The van der Waals surface area contributed by atoms with E-state index in [1.54, 1.807) is 32.9 Å². The number of aromatic hydroxyl groups is 1. The van der Waals surface area contributed by atoms with Gasteiger partial charge >= 0.3 is 12.1 Å². The third-order valence-corrected chi connectivity index (χ3v) is 4.80. The molecule has 1 aromatic heterocycles. The van der Waals surface area contributed by atoms with Crippen molar-refractivity contribution in [3.8, 4) is 5.75 Å². The van der Waals surface area contributed by atoms with E-state index in [2.05, 4.69) is 25.7 Å². The Kier molecular flexibility index (Phi) is 8.74. The Morgan fingerprint density at radius 3 is 2.58 bits per heavy atom. The van der Waals surface area contributed by atoms with Gasteiger partial charge in [0.1, 0.15) is 22.3 Å². The van der Waals surface area contributed by atoms with Crippen LogP contribution in [-0.4, -0.2) is 59.3 Å². The molecule has 1 heterocycles. The van der Waals surface area contributed by atoms with Gasteiger partial charge in [0.2, 0.25) is 5.91 Å². The van der Waals surface area contributed by atoms with Crippen LogP contribution >= 0.6 is 11.3 Å². The normalized spacial score (nSPS) is 11.8. The highest BCUT2D eigenvalue weighted by molar-refractivity contribution is 7.17. The molecule has 11 nitrogen and oxygen atoms in total. The number of amides is 3. The molecule has 1 aromatic carbocycles. The van der Waals surface area contributed by atoms with E-state index in [4.69, 9.17) is 4.74 Å². The second kappa shape index (κ2) is 11.3. The summed E-state index contributed by atoms with van der Waals surface area (Å²) >= 11 is 0.908. The maximum atomic E-state index is 12.5. The number of phenols is 1. The van der Waals surface area contributed by atoms with Crippen molar-refractivity contribution >= 4 is 40.3 Å². The number of anilines is 1. The number of thiazole rings is 1. The quantitative estimate of drug-likeness (QED) is 0.419. The molecule has 0 radical (unpaired) electrons. The number of carbonyl (C=O) groups is 4. The number of phenolic OH excluding ortho intramolecular Hbond substituents is 1. The molecule has 2 aromatic rings. The smallest absolute Gasteiger partial charge is 0.407 e. The summed E-state index contributed by atoms with van der Waals surface area (Å²) in [6.07, 6.45) is 0.510. The SMILES string of the molecule is COC(=O)[C@H](CNC(=O)OC(C)(C)C)NC(=O)c1cnc(NC(=O)Cc2cccc(O)c2)s1. The molecule has 1 atom stereocenters. The Morgan fingerprint density at radius 2 is 1.94 bits per heavy atom. The highest BCUT2D eigenvalue weighted by atomic mass is 32.1. The van der Waals surface area contributed by atoms with Gasteiger partial charge in [-0.3, -0.25) is 9.59 Å². The molecule has 0 aliphatic carbocycles. The maximum absolute atomic E-state index is 12.5. The molecule has 0 saturated heterocycles. The van der Waals surface area contributed by atoms with E-state index in [-0.39, 0.29) is 34.6 Å². The highest BCUT2D eigenvalue weighted by Crippen LogP contribution is 2.19. The second-order valence-electron chi connectivity index (χ2n) is 7.86. The van der Waals surface area contributed by atoms with Crippen LogP contribution in [0.15, 0.2) is 30.5 Å². The number of esters is 1. The first-order chi connectivity index (χ1) is 15.5. The van der Waals surface area contributed by atoms with Gasteiger partial charge < -0.3 is 30.5 Å². The molecule has 0 unspecified atom stereocenters. The number of methoxy groups -OCH3 is 1. The zero-order valence-corrected chi connectivity index (χ0v) is 19.4. The molecule has 3 amide bonds. The lowest BCUT2D eigenvalue weighted by atomic mass is 10.1. The molecule has 0 saturated carbocycles. The molecule has 178 valence electrons. The Balaban J connectivity index is 1.95. The first-order valence-corrected chi connectivity index (χ1v) is 10.7. The lowest BCUT2D eigenvalue weighted by Crippen LogP contribution is -2.49. The minimum Gasteiger partial charge on any atom is -0.508 e. The van der Waals surface area contributed by atoms with Crippen molar-refractivity contribution in [2.75, 3.05) is 19.0 Å². The Hall–Kier alpha value is -3.67. The average Bonchev–Trinajstić information content (AvgIpc) is 3.17. The Bertz CT molecular complexity index is 1020. The maximum Gasteiger partial charge on any atom is 0.407 e. The van der Waals surface area contributed by atoms with Gasteiger partial charge in [-0.2, -0.15) is 0 Å². The van der Waals surface area contributed by atoms with Crippen LogP contribution in [-0.2, 0) is 25.5 Å². The van der Waals surface area contributed by atoms with Gasteiger partial charge in [-0.15, -0.1) is 0 Å². The molecule has 0 fully saturated rings. The minimum absolute atomic E-state index is 0.0102. The van der Waals surface area contributed by atoms with Gasteiger partial charge in [0.05, 0.1) is 26.3 Å². The van der Waals surface area contributed by atoms with E-state index in [0.29, 0.717) is 5.56 Å². The van der Waals surface area contributed by atoms with Crippen molar-refractivity contribution in [1.82, 2.24) is 15.6 Å². The number of carbonyl (C=O) groups excluding carboxylic acids is 4. The molecular formula is C21H26N4O7S. The summed E-state index contributed by atoms with van der Waals surface area (Å²) in [5.74, 6) is -1.73. The van der Waals surface area contributed by atoms with Crippen molar-refractivity contribution in [1.29, 1.82) is 0 Å². The molecule has 4 N–H and O–H groups in total. The van der Waals surface area contributed by atoms with Crippen molar-refractivity contribution in [2.24, 2.45) is 0 Å². The van der Waals surface area contributed by atoms with Gasteiger partial charge in [0.15, 0.2) is 5.13 Å². The predicted octanol–water partition coefficient (Wildman–Crippen LogP) is 1.83. The third kappa shape index (κ3) is 8.77. The predicted molar refractivity (Wildman–Crippen MR) is 120 cm³/mol. The van der Waals surface area contributed by atoms with Gasteiger partial charge in [0.25, 0.3) is 5.91 Å². The average molecular weight is 479 g/mol. The van der Waals surface area contributed by atoms with E-state index in [1.807, 2.05) is 0 Å². The first kappa shape index (κ1) is 25.6. The van der Waals surface area contributed by atoms with Gasteiger partial charge in [-0.25, -0.2) is 14.6 Å². The van der Waals surface area contributed by atoms with E-state index < -0.39 is 29.6 Å². The fourth-order valence-electron chi connectivity index (χ4n) is 2.52. The van der Waals surface area contributed by atoms with Crippen LogP contribution in [0, 0.1) is 0 Å². The summed E-state index contributed by atoms with van der Waals surface area (Å²) in [5.41, 5.74) is -0.112. The summed E-state index contributed by atoms with van der Waals surface area (Å²) in [7, 11) is 1.15. The molecule has 12 heteroatoms. The standard InChI is InChI=1S/C21H26N4O7S/c1-21(2,3)32-20(30)23-10-14(18(29)31-4)24-17(28)15-11-22-19(33-15)25-16(27)9-12-6-5-7-13(26)8-12/h5-8,11,14,26H,9-10H2,1-4H3,(H,23,30)(H,24,28)(H,22,25,27)/t14-/m0/s1. The number of benzene rings is 1. The summed E-state index contributed by atoms with van der Waals surface area (Å²) in [6, 6.07) is 5.12. The number of rotatable bonds is 8. The van der Waals surface area contributed by atoms with Gasteiger partial charge in [-0.1, -0.05) is 23.5 Å². The van der Waals surface area contributed by atoms with E-state index in [9.17, 15) is 24.3 Å². The zero-order valence-electron chi connectivity index (χ0n) is 18.6. The summed E-state index contributed by atoms with van der Waals surface area (Å²) in [6.45, 7) is 4.82. The van der Waals surface area contributed by atoms with E-state index in [0.717, 1.165) is 18.4 Å². The summed E-state index contributed by atoms with van der Waals surface area (Å²) in [4.78, 5) is 52.7. The summed E-state index contributed by atoms with van der Waals surface area (Å²) < 4.78 is 9.78. The minimum atomic E-state index is -1.17. The molecule has 0 aliphatic heterocycles. The molecule has 0 aliphatic rings. The van der Waals surface area contributed by atoms with Gasteiger partial charge in [-0.05, 0) is 38.5 Å². The second-order valence-corrected chi connectivity index (χ2v) is 8.89. The number of aromatic nitrogens is 1. The lowest BCUT2D eigenvalue weighted by molar-refractivity contribution is -0.142. The topological polar surface area (TPSA) is 156 Å². The Labute approximate surface area is 194 Å². The molecule has 0 bridgehead atoms. The molecule has 0 spiro atoms. The number of nitrogens with zero attached hydrogens (tertiary/aromatic N) is 1. The fraction of sp³-hybridized carbons (Fsp3) is 0.381. The van der Waals surface area contributed by atoms with Crippen molar-refractivity contribution in [3.63, 3.8) is 0 Å². The lowest BCUT2D eigenvalue weighted by Gasteiger charge is -2.21. The van der Waals surface area contributed by atoms with E-state index in [1.165, 1.54) is 18.3 Å². The van der Waals surface area contributed by atoms with Crippen molar-refractivity contribution < 1.29 is 33.8 Å². The van der Waals surface area contributed by atoms with Crippen LogP contribution in [0.4, 0.5) is 9.93 Å². The number of alkyl carbamates (subject to hydrolysis) is 1. The van der Waals surface area contributed by atoms with Crippen LogP contribution in [0.1, 0.15) is 36.0 Å². The number of nitrogens with one attached hydrogen (secondary N) is 3. The van der Waals surface area contributed by atoms with Crippen molar-refractivity contribution in [2.45, 2.75) is 38.8 Å². The highest BCUT2D eigenvalue weighted by Gasteiger charge is 2.25. The monoisotopic (exact) mass is 478 g/mol.